The second kappa shape index (κ2) is 5.58. The quantitative estimate of drug-likeness (QED) is 0.772. The van der Waals surface area contributed by atoms with Crippen molar-refractivity contribution in [3.05, 3.63) is 64.5 Å². The maximum Gasteiger partial charge on any atom is 0.337 e. The van der Waals surface area contributed by atoms with E-state index in [4.69, 9.17) is 4.74 Å². The molecule has 0 fully saturated rings. The zero-order valence-corrected chi connectivity index (χ0v) is 12.3. The minimum absolute atomic E-state index is 0.347. The number of carboxylic acids is 1. The SMILES string of the molecule is Cc1ccccc1OCc1cc2cccc(C(=O)O)c2s1. The van der Waals surface area contributed by atoms with Crippen molar-refractivity contribution >= 4 is 27.4 Å². The van der Waals surface area contributed by atoms with Crippen molar-refractivity contribution in [3.8, 4) is 5.75 Å². The third kappa shape index (κ3) is 2.76. The fourth-order valence-corrected chi connectivity index (χ4v) is 3.30. The molecule has 1 aromatic heterocycles. The maximum atomic E-state index is 11.2. The van der Waals surface area contributed by atoms with E-state index in [1.807, 2.05) is 43.3 Å². The number of carbonyl (C=O) groups is 1. The van der Waals surface area contributed by atoms with Gasteiger partial charge >= 0.3 is 5.97 Å². The van der Waals surface area contributed by atoms with Crippen LogP contribution in [-0.2, 0) is 6.61 Å². The van der Waals surface area contributed by atoms with Gasteiger partial charge in [0.15, 0.2) is 0 Å². The van der Waals surface area contributed by atoms with Crippen LogP contribution in [0.15, 0.2) is 48.5 Å². The minimum atomic E-state index is -0.895. The van der Waals surface area contributed by atoms with Gasteiger partial charge in [-0.3, -0.25) is 0 Å². The van der Waals surface area contributed by atoms with Crippen LogP contribution in [0.4, 0.5) is 0 Å². The number of fused-ring (bicyclic) bond motifs is 1. The van der Waals surface area contributed by atoms with Crippen LogP contribution in [0.2, 0.25) is 0 Å². The molecule has 0 unspecified atom stereocenters. The first kappa shape index (κ1) is 13.6. The molecule has 0 spiro atoms. The Hall–Kier alpha value is -2.33. The van der Waals surface area contributed by atoms with Gasteiger partial charge in [-0.1, -0.05) is 30.3 Å². The Kier molecular flexibility index (Phi) is 3.62. The molecule has 1 heterocycles. The average Bonchev–Trinajstić information content (AvgIpc) is 2.88. The van der Waals surface area contributed by atoms with Crippen molar-refractivity contribution in [2.24, 2.45) is 0 Å². The van der Waals surface area contributed by atoms with E-state index in [0.29, 0.717) is 12.2 Å². The molecule has 4 heteroatoms. The van der Waals surface area contributed by atoms with E-state index in [2.05, 4.69) is 0 Å². The van der Waals surface area contributed by atoms with Crippen molar-refractivity contribution in [3.63, 3.8) is 0 Å². The highest BCUT2D eigenvalue weighted by Gasteiger charge is 2.11. The smallest absolute Gasteiger partial charge is 0.337 e. The summed E-state index contributed by atoms with van der Waals surface area (Å²) in [5.74, 6) is -0.0396. The molecule has 0 saturated heterocycles. The molecule has 1 N–H and O–H groups in total. The van der Waals surface area contributed by atoms with Gasteiger partial charge in [0.2, 0.25) is 0 Å². The molecule has 0 atom stereocenters. The molecule has 0 saturated carbocycles. The molecule has 0 radical (unpaired) electrons. The standard InChI is InChI=1S/C17H14O3S/c1-11-5-2-3-8-15(11)20-10-13-9-12-6-4-7-14(17(18)19)16(12)21-13/h2-9H,10H2,1H3,(H,18,19). The zero-order chi connectivity index (χ0) is 14.8. The van der Waals surface area contributed by atoms with E-state index in [1.165, 1.54) is 11.3 Å². The van der Waals surface area contributed by atoms with E-state index in [1.54, 1.807) is 12.1 Å². The predicted molar refractivity (Wildman–Crippen MR) is 84.3 cm³/mol. The van der Waals surface area contributed by atoms with Gasteiger partial charge in [0.1, 0.15) is 12.4 Å². The van der Waals surface area contributed by atoms with Crippen molar-refractivity contribution in [1.29, 1.82) is 0 Å². The van der Waals surface area contributed by atoms with Crippen molar-refractivity contribution in [1.82, 2.24) is 0 Å². The summed E-state index contributed by atoms with van der Waals surface area (Å²) in [5, 5.41) is 10.2. The Morgan fingerprint density at radius 2 is 2.00 bits per heavy atom. The molecule has 2 aromatic carbocycles. The van der Waals surface area contributed by atoms with E-state index in [9.17, 15) is 9.90 Å². The van der Waals surface area contributed by atoms with Crippen molar-refractivity contribution < 1.29 is 14.6 Å². The molecular formula is C17H14O3S. The summed E-state index contributed by atoms with van der Waals surface area (Å²) in [6.45, 7) is 2.45. The number of aryl methyl sites for hydroxylation is 1. The lowest BCUT2D eigenvalue weighted by Gasteiger charge is -2.06. The molecule has 3 nitrogen and oxygen atoms in total. The zero-order valence-electron chi connectivity index (χ0n) is 11.5. The number of hydrogen-bond acceptors (Lipinski definition) is 3. The van der Waals surface area contributed by atoms with Gasteiger partial charge in [-0.15, -0.1) is 11.3 Å². The number of para-hydroxylation sites is 1. The van der Waals surface area contributed by atoms with Crippen molar-refractivity contribution in [2.45, 2.75) is 13.5 Å². The molecule has 3 aromatic rings. The van der Waals surface area contributed by atoms with Gasteiger partial charge in [-0.25, -0.2) is 4.79 Å². The average molecular weight is 298 g/mol. The van der Waals surface area contributed by atoms with Crippen LogP contribution >= 0.6 is 11.3 Å². The van der Waals surface area contributed by atoms with Crippen LogP contribution in [0, 0.1) is 6.92 Å². The predicted octanol–water partition coefficient (Wildman–Crippen LogP) is 4.49. The van der Waals surface area contributed by atoms with E-state index in [-0.39, 0.29) is 0 Å². The van der Waals surface area contributed by atoms with Crippen LogP contribution in [0.1, 0.15) is 20.8 Å². The summed E-state index contributed by atoms with van der Waals surface area (Å²) < 4.78 is 6.62. The normalized spacial score (nSPS) is 10.7. The lowest BCUT2D eigenvalue weighted by molar-refractivity contribution is 0.0699. The Balaban J connectivity index is 1.87. The molecule has 3 rings (SSSR count). The summed E-state index contributed by atoms with van der Waals surface area (Å²) in [6.07, 6.45) is 0. The second-order valence-corrected chi connectivity index (χ2v) is 5.93. The van der Waals surface area contributed by atoms with E-state index >= 15 is 0 Å². The van der Waals surface area contributed by atoms with Gasteiger partial charge < -0.3 is 9.84 Å². The number of benzene rings is 2. The Labute approximate surface area is 126 Å². The van der Waals surface area contributed by atoms with Crippen LogP contribution in [0.5, 0.6) is 5.75 Å². The highest BCUT2D eigenvalue weighted by Crippen LogP contribution is 2.30. The molecule has 0 amide bonds. The number of aromatic carboxylic acids is 1. The summed E-state index contributed by atoms with van der Waals surface area (Å²) in [6, 6.07) is 15.2. The van der Waals surface area contributed by atoms with Gasteiger partial charge in [-0.05, 0) is 36.1 Å². The van der Waals surface area contributed by atoms with Crippen LogP contribution in [0.25, 0.3) is 10.1 Å². The summed E-state index contributed by atoms with van der Waals surface area (Å²) in [5.41, 5.74) is 1.43. The molecule has 21 heavy (non-hydrogen) atoms. The van der Waals surface area contributed by atoms with Crippen LogP contribution < -0.4 is 4.74 Å². The second-order valence-electron chi connectivity index (χ2n) is 4.80. The lowest BCUT2D eigenvalue weighted by Crippen LogP contribution is -1.95. The molecule has 106 valence electrons. The van der Waals surface area contributed by atoms with Gasteiger partial charge in [0.05, 0.1) is 5.56 Å². The van der Waals surface area contributed by atoms with Crippen molar-refractivity contribution in [2.75, 3.05) is 0 Å². The fraction of sp³-hybridized carbons (Fsp3) is 0.118. The Bertz CT molecular complexity index is 805. The number of thiophene rings is 1. The van der Waals surface area contributed by atoms with E-state index < -0.39 is 5.97 Å². The van der Waals surface area contributed by atoms with Gasteiger partial charge in [0.25, 0.3) is 0 Å². The Morgan fingerprint density at radius 3 is 2.76 bits per heavy atom. The first-order chi connectivity index (χ1) is 10.1. The number of hydrogen-bond donors (Lipinski definition) is 1. The van der Waals surface area contributed by atoms with E-state index in [0.717, 1.165) is 26.3 Å². The monoisotopic (exact) mass is 298 g/mol. The summed E-state index contributed by atoms with van der Waals surface area (Å²) in [7, 11) is 0. The Morgan fingerprint density at radius 1 is 1.19 bits per heavy atom. The fourth-order valence-electron chi connectivity index (χ4n) is 2.22. The lowest BCUT2D eigenvalue weighted by atomic mass is 10.1. The summed E-state index contributed by atoms with van der Waals surface area (Å²) >= 11 is 1.47. The molecule has 0 bridgehead atoms. The third-order valence-corrected chi connectivity index (χ3v) is 4.45. The van der Waals surface area contributed by atoms with Crippen LogP contribution in [-0.4, -0.2) is 11.1 Å². The van der Waals surface area contributed by atoms with Gasteiger partial charge in [-0.2, -0.15) is 0 Å². The molecule has 0 aliphatic heterocycles. The maximum absolute atomic E-state index is 11.2. The molecule has 0 aliphatic carbocycles. The topological polar surface area (TPSA) is 46.5 Å². The van der Waals surface area contributed by atoms with Gasteiger partial charge in [0, 0.05) is 9.58 Å². The highest BCUT2D eigenvalue weighted by atomic mass is 32.1. The number of ether oxygens (including phenoxy) is 1. The number of rotatable bonds is 4. The number of carboxylic acid groups (broad SMARTS) is 1. The first-order valence-corrected chi connectivity index (χ1v) is 7.40. The third-order valence-electron chi connectivity index (χ3n) is 3.29. The molecule has 0 aliphatic rings. The summed E-state index contributed by atoms with van der Waals surface area (Å²) in [4.78, 5) is 12.2. The van der Waals surface area contributed by atoms with Crippen LogP contribution in [0.3, 0.4) is 0 Å². The first-order valence-electron chi connectivity index (χ1n) is 6.58. The highest BCUT2D eigenvalue weighted by molar-refractivity contribution is 7.19. The molecular weight excluding hydrogens is 284 g/mol. The largest absolute Gasteiger partial charge is 0.488 e. The minimum Gasteiger partial charge on any atom is -0.488 e.